The molecule has 120 valence electrons. The van der Waals surface area contributed by atoms with Gasteiger partial charge in [-0.15, -0.1) is 0 Å². The van der Waals surface area contributed by atoms with E-state index in [1.165, 1.54) is 0 Å². The van der Waals surface area contributed by atoms with Gasteiger partial charge in [0.25, 0.3) is 0 Å². The highest BCUT2D eigenvalue weighted by Gasteiger charge is 2.34. The molecule has 0 radical (unpaired) electrons. The molecule has 2 rings (SSSR count). The summed E-state index contributed by atoms with van der Waals surface area (Å²) in [5.41, 5.74) is 0.950. The van der Waals surface area contributed by atoms with E-state index in [1.54, 1.807) is 0 Å². The van der Waals surface area contributed by atoms with Gasteiger partial charge in [0.05, 0.1) is 5.92 Å². The van der Waals surface area contributed by atoms with Crippen LogP contribution in [0.3, 0.4) is 0 Å². The number of carbonyl (C=O) groups excluding carboxylic acids is 1. The minimum Gasteiger partial charge on any atom is -0.481 e. The lowest BCUT2D eigenvalue weighted by molar-refractivity contribution is -0.141. The van der Waals surface area contributed by atoms with E-state index < -0.39 is 5.97 Å². The van der Waals surface area contributed by atoms with Crippen LogP contribution in [0, 0.1) is 11.8 Å². The van der Waals surface area contributed by atoms with Crippen LogP contribution < -0.4 is 5.32 Å². The summed E-state index contributed by atoms with van der Waals surface area (Å²) in [5.74, 6) is -1.35. The summed E-state index contributed by atoms with van der Waals surface area (Å²) in [6.07, 6.45) is 1.72. The van der Waals surface area contributed by atoms with Crippen LogP contribution in [0.2, 0.25) is 0 Å². The molecule has 0 spiro atoms. The monoisotopic (exact) mass is 367 g/mol. The molecular weight excluding hydrogens is 346 g/mol. The van der Waals surface area contributed by atoms with E-state index in [0.29, 0.717) is 25.8 Å². The average molecular weight is 368 g/mol. The molecule has 1 fully saturated rings. The molecule has 0 aliphatic heterocycles. The summed E-state index contributed by atoms with van der Waals surface area (Å²) in [4.78, 5) is 23.2. The SMILES string of the molecule is CC(C)(CNC(=O)[C@@H]1CC[C@H](C(=O)O)C1)c1ccccc1Br. The quantitative estimate of drug-likeness (QED) is 0.838. The third-order valence-electron chi connectivity index (χ3n) is 4.46. The van der Waals surface area contributed by atoms with Crippen molar-refractivity contribution in [2.24, 2.45) is 11.8 Å². The normalized spacial score (nSPS) is 21.6. The highest BCUT2D eigenvalue weighted by molar-refractivity contribution is 9.10. The molecule has 22 heavy (non-hydrogen) atoms. The highest BCUT2D eigenvalue weighted by atomic mass is 79.9. The van der Waals surface area contributed by atoms with E-state index in [1.807, 2.05) is 24.3 Å². The molecule has 1 aliphatic rings. The molecule has 1 aromatic rings. The van der Waals surface area contributed by atoms with Crippen LogP contribution >= 0.6 is 15.9 Å². The van der Waals surface area contributed by atoms with E-state index in [2.05, 4.69) is 35.1 Å². The number of hydrogen-bond acceptors (Lipinski definition) is 2. The summed E-state index contributed by atoms with van der Waals surface area (Å²) in [5, 5.41) is 12.0. The van der Waals surface area contributed by atoms with Gasteiger partial charge in [0.1, 0.15) is 0 Å². The van der Waals surface area contributed by atoms with Crippen molar-refractivity contribution in [3.63, 3.8) is 0 Å². The van der Waals surface area contributed by atoms with Crippen LogP contribution in [-0.2, 0) is 15.0 Å². The van der Waals surface area contributed by atoms with Gasteiger partial charge in [0.2, 0.25) is 5.91 Å². The molecule has 4 nitrogen and oxygen atoms in total. The van der Waals surface area contributed by atoms with Gasteiger partial charge in [-0.05, 0) is 30.9 Å². The van der Waals surface area contributed by atoms with Crippen molar-refractivity contribution in [2.75, 3.05) is 6.54 Å². The Kier molecular flexibility index (Phi) is 5.27. The molecule has 0 unspecified atom stereocenters. The fourth-order valence-corrected chi connectivity index (χ4v) is 3.82. The number of halogens is 1. The van der Waals surface area contributed by atoms with Crippen LogP contribution in [0.5, 0.6) is 0 Å². The Morgan fingerprint density at radius 3 is 2.50 bits per heavy atom. The molecule has 0 bridgehead atoms. The van der Waals surface area contributed by atoms with E-state index in [0.717, 1.165) is 10.0 Å². The molecule has 1 aliphatic carbocycles. The number of benzene rings is 1. The van der Waals surface area contributed by atoms with Crippen molar-refractivity contribution in [2.45, 2.75) is 38.5 Å². The van der Waals surface area contributed by atoms with E-state index >= 15 is 0 Å². The van der Waals surface area contributed by atoms with Gasteiger partial charge in [-0.3, -0.25) is 9.59 Å². The smallest absolute Gasteiger partial charge is 0.306 e. The first kappa shape index (κ1) is 17.0. The maximum absolute atomic E-state index is 12.3. The third-order valence-corrected chi connectivity index (χ3v) is 5.15. The minimum atomic E-state index is -0.788. The Morgan fingerprint density at radius 2 is 1.91 bits per heavy atom. The Morgan fingerprint density at radius 1 is 1.27 bits per heavy atom. The first-order valence-corrected chi connectivity index (χ1v) is 8.36. The summed E-state index contributed by atoms with van der Waals surface area (Å²) < 4.78 is 1.03. The predicted octanol–water partition coefficient (Wildman–Crippen LogP) is 3.34. The van der Waals surface area contributed by atoms with Gasteiger partial charge in [-0.2, -0.15) is 0 Å². The molecule has 0 aromatic heterocycles. The van der Waals surface area contributed by atoms with Crippen LogP contribution in [0.25, 0.3) is 0 Å². The minimum absolute atomic E-state index is 0.0242. The van der Waals surface area contributed by atoms with Crippen molar-refractivity contribution in [3.8, 4) is 0 Å². The number of nitrogens with one attached hydrogen (secondary N) is 1. The Labute approximate surface area is 139 Å². The second-order valence-corrected chi connectivity index (χ2v) is 7.48. The molecule has 1 amide bonds. The zero-order valence-corrected chi connectivity index (χ0v) is 14.5. The van der Waals surface area contributed by atoms with Gasteiger partial charge in [0, 0.05) is 22.4 Å². The lowest BCUT2D eigenvalue weighted by atomic mass is 9.84. The number of aliphatic carboxylic acids is 1. The van der Waals surface area contributed by atoms with Gasteiger partial charge in [0.15, 0.2) is 0 Å². The lowest BCUT2D eigenvalue weighted by Crippen LogP contribution is -2.39. The van der Waals surface area contributed by atoms with Crippen LogP contribution in [0.4, 0.5) is 0 Å². The zero-order chi connectivity index (χ0) is 16.3. The number of carboxylic acids is 1. The van der Waals surface area contributed by atoms with Crippen molar-refractivity contribution in [1.82, 2.24) is 5.32 Å². The zero-order valence-electron chi connectivity index (χ0n) is 12.9. The Bertz CT molecular complexity index is 571. The second kappa shape index (κ2) is 6.82. The van der Waals surface area contributed by atoms with Crippen LogP contribution in [0.1, 0.15) is 38.7 Å². The number of hydrogen-bond donors (Lipinski definition) is 2. The molecule has 0 saturated heterocycles. The predicted molar refractivity (Wildman–Crippen MR) is 88.6 cm³/mol. The number of carboxylic acid groups (broad SMARTS) is 1. The Balaban J connectivity index is 1.94. The van der Waals surface area contributed by atoms with E-state index in [-0.39, 0.29) is 23.2 Å². The van der Waals surface area contributed by atoms with E-state index in [9.17, 15) is 9.59 Å². The first-order valence-electron chi connectivity index (χ1n) is 7.57. The third kappa shape index (κ3) is 3.88. The van der Waals surface area contributed by atoms with Crippen molar-refractivity contribution >= 4 is 27.8 Å². The number of amides is 1. The molecule has 1 saturated carbocycles. The molecular formula is C17H22BrNO3. The standard InChI is InChI=1S/C17H22BrNO3/c1-17(2,13-5-3-4-6-14(13)18)10-19-15(20)11-7-8-12(9-11)16(21)22/h3-6,11-12H,7-10H2,1-2H3,(H,19,20)(H,21,22)/t11-,12+/m1/s1. The van der Waals surface area contributed by atoms with Crippen LogP contribution in [0.15, 0.2) is 28.7 Å². The summed E-state index contributed by atoms with van der Waals surface area (Å²) in [6, 6.07) is 7.99. The molecule has 2 atom stereocenters. The van der Waals surface area contributed by atoms with E-state index in [4.69, 9.17) is 5.11 Å². The Hall–Kier alpha value is -1.36. The van der Waals surface area contributed by atoms with Crippen LogP contribution in [-0.4, -0.2) is 23.5 Å². The topological polar surface area (TPSA) is 66.4 Å². The second-order valence-electron chi connectivity index (χ2n) is 6.63. The van der Waals surface area contributed by atoms with Gasteiger partial charge < -0.3 is 10.4 Å². The van der Waals surface area contributed by atoms with Crippen molar-refractivity contribution < 1.29 is 14.7 Å². The first-order chi connectivity index (χ1) is 10.3. The summed E-state index contributed by atoms with van der Waals surface area (Å²) in [7, 11) is 0. The van der Waals surface area contributed by atoms with Gasteiger partial charge in [-0.25, -0.2) is 0 Å². The lowest BCUT2D eigenvalue weighted by Gasteiger charge is -2.27. The summed E-state index contributed by atoms with van der Waals surface area (Å²) in [6.45, 7) is 4.70. The molecule has 1 aromatic carbocycles. The number of carbonyl (C=O) groups is 2. The van der Waals surface area contributed by atoms with Crippen molar-refractivity contribution in [3.05, 3.63) is 34.3 Å². The maximum atomic E-state index is 12.3. The highest BCUT2D eigenvalue weighted by Crippen LogP contribution is 2.32. The van der Waals surface area contributed by atoms with Gasteiger partial charge in [-0.1, -0.05) is 48.0 Å². The van der Waals surface area contributed by atoms with Crippen molar-refractivity contribution in [1.29, 1.82) is 0 Å². The fraction of sp³-hybridized carbons (Fsp3) is 0.529. The maximum Gasteiger partial charge on any atom is 0.306 e. The summed E-state index contributed by atoms with van der Waals surface area (Å²) >= 11 is 3.55. The largest absolute Gasteiger partial charge is 0.481 e. The molecule has 2 N–H and O–H groups in total. The molecule has 0 heterocycles. The average Bonchev–Trinajstić information content (AvgIpc) is 2.95. The van der Waals surface area contributed by atoms with Gasteiger partial charge >= 0.3 is 5.97 Å². The number of rotatable bonds is 5. The molecule has 5 heteroatoms. The fourth-order valence-electron chi connectivity index (χ4n) is 3.00.